The highest BCUT2D eigenvalue weighted by atomic mass is 32.2. The normalized spacial score (nSPS) is 14.5. The summed E-state index contributed by atoms with van der Waals surface area (Å²) in [6, 6.07) is 11.4. The number of hydrogen-bond acceptors (Lipinski definition) is 11. The number of amides is 1. The van der Waals surface area contributed by atoms with Crippen molar-refractivity contribution in [3.05, 3.63) is 35.9 Å². The number of rotatable bonds is 20. The predicted molar refractivity (Wildman–Crippen MR) is 179 cm³/mol. The van der Waals surface area contributed by atoms with Crippen molar-refractivity contribution in [2.24, 2.45) is 11.3 Å². The van der Waals surface area contributed by atoms with E-state index < -0.39 is 45.7 Å². The summed E-state index contributed by atoms with van der Waals surface area (Å²) in [4.78, 5) is 50.4. The molecule has 13 heteroatoms. The fraction of sp³-hybridized carbons (Fsp3) is 0.636. The number of thiocarbonyl (C=S) groups is 1. The summed E-state index contributed by atoms with van der Waals surface area (Å²) in [6.45, 7) is 11.0. The number of carboxylic acid groups (broad SMARTS) is 1. The van der Waals surface area contributed by atoms with E-state index in [9.17, 15) is 29.5 Å². The Morgan fingerprint density at radius 1 is 1.00 bits per heavy atom. The highest BCUT2D eigenvalue weighted by molar-refractivity contribution is 8.25. The van der Waals surface area contributed by atoms with Crippen molar-refractivity contribution in [3.63, 3.8) is 0 Å². The standard InChI is InChI=1S/C33H48N2O9S2/c1-7-17-43-29(39)33(8-2,46-28(45)24-12-10-9-11-13-24)22-25(21-32(6,23-34)15-14-26(36)37)27(38)42-20-19-41-18-16-35-30(40)44-31(3,4)5/h9-13,25H,7-8,14-22H2,1-6H3,(H,35,40)(H,36,37). The third kappa shape index (κ3) is 15.4. The van der Waals surface area contributed by atoms with Crippen LogP contribution in [0.4, 0.5) is 4.79 Å². The quantitative estimate of drug-likeness (QED) is 0.0709. The summed E-state index contributed by atoms with van der Waals surface area (Å²) in [5.74, 6) is -3.20. The molecular formula is C33H48N2O9S2. The van der Waals surface area contributed by atoms with E-state index in [1.54, 1.807) is 27.7 Å². The van der Waals surface area contributed by atoms with Crippen LogP contribution in [0, 0.1) is 22.7 Å². The molecule has 0 aromatic heterocycles. The molecule has 0 bridgehead atoms. The number of alkyl carbamates (subject to hydrolysis) is 1. The molecule has 1 aromatic rings. The van der Waals surface area contributed by atoms with E-state index in [1.807, 2.05) is 44.2 Å². The third-order valence-electron chi connectivity index (χ3n) is 6.83. The molecule has 11 nitrogen and oxygen atoms in total. The van der Waals surface area contributed by atoms with Crippen LogP contribution in [0.2, 0.25) is 0 Å². The van der Waals surface area contributed by atoms with Crippen molar-refractivity contribution in [2.45, 2.75) is 90.4 Å². The number of nitrogens with one attached hydrogen (secondary N) is 1. The summed E-state index contributed by atoms with van der Waals surface area (Å²) >= 11 is 6.87. The molecule has 0 spiro atoms. The molecule has 0 heterocycles. The topological polar surface area (TPSA) is 161 Å². The molecule has 0 aliphatic heterocycles. The maximum Gasteiger partial charge on any atom is 0.407 e. The summed E-state index contributed by atoms with van der Waals surface area (Å²) in [5.41, 5.74) is -1.08. The number of nitriles is 1. The van der Waals surface area contributed by atoms with E-state index >= 15 is 0 Å². The Morgan fingerprint density at radius 3 is 2.24 bits per heavy atom. The van der Waals surface area contributed by atoms with Crippen molar-refractivity contribution in [1.82, 2.24) is 5.32 Å². The molecule has 0 aliphatic carbocycles. The first-order chi connectivity index (χ1) is 21.6. The van der Waals surface area contributed by atoms with Gasteiger partial charge in [-0.1, -0.05) is 68.2 Å². The molecule has 1 aromatic carbocycles. The van der Waals surface area contributed by atoms with E-state index in [-0.39, 0.29) is 65.1 Å². The van der Waals surface area contributed by atoms with Gasteiger partial charge < -0.3 is 29.4 Å². The summed E-state index contributed by atoms with van der Waals surface area (Å²) < 4.78 is 21.0. The molecule has 3 atom stereocenters. The molecule has 46 heavy (non-hydrogen) atoms. The number of aliphatic carboxylic acids is 1. The van der Waals surface area contributed by atoms with Gasteiger partial charge in [-0.2, -0.15) is 5.26 Å². The van der Waals surface area contributed by atoms with Crippen LogP contribution in [0.25, 0.3) is 0 Å². The number of ether oxygens (including phenoxy) is 4. The summed E-state index contributed by atoms with van der Waals surface area (Å²) in [7, 11) is 0. The Balaban J connectivity index is 3.15. The minimum Gasteiger partial charge on any atom is -0.481 e. The van der Waals surface area contributed by atoms with Gasteiger partial charge in [-0.15, -0.1) is 0 Å². The van der Waals surface area contributed by atoms with Crippen LogP contribution in [-0.2, 0) is 33.3 Å². The Labute approximate surface area is 282 Å². The molecule has 0 saturated carbocycles. The van der Waals surface area contributed by atoms with Crippen LogP contribution < -0.4 is 5.32 Å². The number of carbonyl (C=O) groups is 4. The van der Waals surface area contributed by atoms with Gasteiger partial charge in [0.25, 0.3) is 0 Å². The Bertz CT molecular complexity index is 1200. The van der Waals surface area contributed by atoms with E-state index in [1.165, 1.54) is 0 Å². The highest BCUT2D eigenvalue weighted by Crippen LogP contribution is 2.43. The second kappa shape index (κ2) is 20.1. The largest absolute Gasteiger partial charge is 0.481 e. The van der Waals surface area contributed by atoms with E-state index in [0.717, 1.165) is 17.3 Å². The lowest BCUT2D eigenvalue weighted by molar-refractivity contribution is -0.153. The molecular weight excluding hydrogens is 633 g/mol. The zero-order valence-corrected chi connectivity index (χ0v) is 29.4. The van der Waals surface area contributed by atoms with Crippen molar-refractivity contribution in [3.8, 4) is 6.07 Å². The van der Waals surface area contributed by atoms with Gasteiger partial charge in [-0.3, -0.25) is 14.4 Å². The first-order valence-corrected chi connectivity index (χ1v) is 16.6. The lowest BCUT2D eigenvalue weighted by Gasteiger charge is -2.35. The Hall–Kier alpha value is -3.21. The number of esters is 2. The van der Waals surface area contributed by atoms with Gasteiger partial charge in [0.1, 0.15) is 17.0 Å². The fourth-order valence-corrected chi connectivity index (χ4v) is 6.19. The number of carboxylic acids is 1. The number of hydrogen-bond donors (Lipinski definition) is 2. The molecule has 0 aliphatic rings. The molecule has 1 amide bonds. The van der Waals surface area contributed by atoms with Gasteiger partial charge in [0.05, 0.1) is 41.4 Å². The molecule has 0 radical (unpaired) electrons. The number of thioether (sulfide) groups is 1. The maximum atomic E-state index is 13.7. The van der Waals surface area contributed by atoms with Crippen molar-refractivity contribution < 1.29 is 43.2 Å². The van der Waals surface area contributed by atoms with E-state index in [4.69, 9.17) is 31.2 Å². The minimum absolute atomic E-state index is 0.00531. The molecule has 0 fully saturated rings. The highest BCUT2D eigenvalue weighted by Gasteiger charge is 2.46. The fourth-order valence-electron chi connectivity index (χ4n) is 4.39. The van der Waals surface area contributed by atoms with Crippen LogP contribution >= 0.6 is 24.0 Å². The second-order valence-corrected chi connectivity index (χ2v) is 14.2. The van der Waals surface area contributed by atoms with Gasteiger partial charge >= 0.3 is 24.0 Å². The molecule has 1 rings (SSSR count). The minimum atomic E-state index is -1.28. The lowest BCUT2D eigenvalue weighted by atomic mass is 9.75. The molecule has 0 saturated heterocycles. The number of carbonyl (C=O) groups excluding carboxylic acids is 3. The zero-order chi connectivity index (χ0) is 34.8. The lowest BCUT2D eigenvalue weighted by Crippen LogP contribution is -2.42. The van der Waals surface area contributed by atoms with Gasteiger partial charge in [-0.25, -0.2) is 4.79 Å². The number of benzene rings is 1. The Morgan fingerprint density at radius 2 is 1.67 bits per heavy atom. The smallest absolute Gasteiger partial charge is 0.407 e. The summed E-state index contributed by atoms with van der Waals surface area (Å²) in [6.07, 6.45) is -0.0591. The van der Waals surface area contributed by atoms with Crippen LogP contribution in [0.15, 0.2) is 30.3 Å². The average molecular weight is 681 g/mol. The Kier molecular flexibility index (Phi) is 17.8. The first kappa shape index (κ1) is 40.8. The second-order valence-electron chi connectivity index (χ2n) is 12.1. The van der Waals surface area contributed by atoms with Crippen molar-refractivity contribution >= 4 is 52.2 Å². The first-order valence-electron chi connectivity index (χ1n) is 15.4. The van der Waals surface area contributed by atoms with Crippen LogP contribution in [-0.4, -0.2) is 76.6 Å². The van der Waals surface area contributed by atoms with Gasteiger partial charge in [0, 0.05) is 13.0 Å². The van der Waals surface area contributed by atoms with Gasteiger partial charge in [-0.05, 0) is 65.4 Å². The summed E-state index contributed by atoms with van der Waals surface area (Å²) in [5, 5.41) is 21.9. The van der Waals surface area contributed by atoms with Crippen LogP contribution in [0.1, 0.15) is 85.6 Å². The predicted octanol–water partition coefficient (Wildman–Crippen LogP) is 6.07. The zero-order valence-electron chi connectivity index (χ0n) is 27.7. The van der Waals surface area contributed by atoms with Gasteiger partial charge in [0.15, 0.2) is 0 Å². The maximum absolute atomic E-state index is 13.7. The van der Waals surface area contributed by atoms with Crippen molar-refractivity contribution in [1.29, 1.82) is 5.26 Å². The number of nitrogens with zero attached hydrogens (tertiary/aromatic N) is 1. The molecule has 2 N–H and O–H groups in total. The van der Waals surface area contributed by atoms with E-state index in [2.05, 4.69) is 11.4 Å². The van der Waals surface area contributed by atoms with Gasteiger partial charge in [0.2, 0.25) is 0 Å². The monoisotopic (exact) mass is 680 g/mol. The molecule has 256 valence electrons. The van der Waals surface area contributed by atoms with Crippen LogP contribution in [0.3, 0.4) is 0 Å². The van der Waals surface area contributed by atoms with Crippen LogP contribution in [0.5, 0.6) is 0 Å². The molecule has 3 unspecified atom stereocenters. The average Bonchev–Trinajstić information content (AvgIpc) is 3.00. The SMILES string of the molecule is CCCOC(=O)C(CC)(CC(CC(C)(C#N)CCC(=O)O)C(=O)OCCOCCNC(=O)OC(C)(C)C)SC(=S)c1ccccc1. The van der Waals surface area contributed by atoms with Crippen molar-refractivity contribution in [2.75, 3.05) is 33.0 Å². The third-order valence-corrected chi connectivity index (χ3v) is 8.75. The van der Waals surface area contributed by atoms with E-state index in [0.29, 0.717) is 10.6 Å².